The summed E-state index contributed by atoms with van der Waals surface area (Å²) in [4.78, 5) is 11.0. The molecule has 0 N–H and O–H groups in total. The number of aryl methyl sites for hydroxylation is 1. The molecule has 0 amide bonds. The Morgan fingerprint density at radius 1 is 1.54 bits per heavy atom. The molecule has 0 atom stereocenters. The van der Waals surface area contributed by atoms with Gasteiger partial charge < -0.3 is 4.74 Å². The van der Waals surface area contributed by atoms with Crippen LogP contribution >= 0.6 is 11.6 Å². The van der Waals surface area contributed by atoms with Gasteiger partial charge in [0.2, 0.25) is 0 Å². The molecule has 1 aromatic rings. The molecule has 3 heteroatoms. The van der Waals surface area contributed by atoms with E-state index in [1.54, 1.807) is 12.1 Å². The molecule has 0 unspecified atom stereocenters. The molecule has 0 heterocycles. The number of carbonyl (C=O) groups is 1. The maximum atomic E-state index is 11.0. The molecule has 0 aliphatic rings. The van der Waals surface area contributed by atoms with Crippen LogP contribution < -0.4 is 4.74 Å². The van der Waals surface area contributed by atoms with Crippen LogP contribution in [0.25, 0.3) is 0 Å². The maximum Gasteiger partial charge on any atom is 0.256 e. The van der Waals surface area contributed by atoms with Crippen molar-refractivity contribution in [3.8, 4) is 5.75 Å². The summed E-state index contributed by atoms with van der Waals surface area (Å²) in [6, 6.07) is 5.36. The largest absolute Gasteiger partial charge is 0.493 e. The van der Waals surface area contributed by atoms with Gasteiger partial charge in [-0.15, -0.1) is 0 Å². The summed E-state index contributed by atoms with van der Waals surface area (Å²) in [7, 11) is 0. The van der Waals surface area contributed by atoms with E-state index < -0.39 is 5.24 Å². The molecule has 0 aromatic heterocycles. The van der Waals surface area contributed by atoms with E-state index in [0.717, 1.165) is 5.56 Å². The highest BCUT2D eigenvalue weighted by atomic mass is 35.5. The predicted octanol–water partition coefficient (Wildman–Crippen LogP) is 2.77. The summed E-state index contributed by atoms with van der Waals surface area (Å²) < 4.78 is 5.25. The van der Waals surface area contributed by atoms with E-state index in [2.05, 4.69) is 0 Å². The molecule has 0 aliphatic heterocycles. The summed E-state index contributed by atoms with van der Waals surface area (Å²) in [5.74, 6) is 0.549. The maximum absolute atomic E-state index is 11.0. The van der Waals surface area contributed by atoms with Crippen molar-refractivity contribution in [1.82, 2.24) is 0 Å². The van der Waals surface area contributed by atoms with Crippen LogP contribution in [0.5, 0.6) is 5.75 Å². The lowest BCUT2D eigenvalue weighted by Crippen LogP contribution is -1.99. The summed E-state index contributed by atoms with van der Waals surface area (Å²) >= 11 is 5.40. The highest BCUT2D eigenvalue weighted by Gasteiger charge is 2.09. The zero-order valence-electron chi connectivity index (χ0n) is 7.63. The molecule has 2 nitrogen and oxygen atoms in total. The van der Waals surface area contributed by atoms with E-state index in [4.69, 9.17) is 16.3 Å². The van der Waals surface area contributed by atoms with E-state index in [1.807, 2.05) is 19.9 Å². The van der Waals surface area contributed by atoms with Crippen LogP contribution in [-0.4, -0.2) is 11.8 Å². The minimum atomic E-state index is -0.479. The summed E-state index contributed by atoms with van der Waals surface area (Å²) in [6.45, 7) is 4.29. The molecule has 1 rings (SSSR count). The lowest BCUT2D eigenvalue weighted by Gasteiger charge is -2.07. The number of hydrogen-bond donors (Lipinski definition) is 0. The molecule has 0 radical (unpaired) electrons. The van der Waals surface area contributed by atoms with Crippen molar-refractivity contribution in [3.63, 3.8) is 0 Å². The van der Waals surface area contributed by atoms with Crippen molar-refractivity contribution >= 4 is 16.8 Å². The van der Waals surface area contributed by atoms with Crippen LogP contribution in [0.1, 0.15) is 22.8 Å². The standard InChI is InChI=1S/C10H11ClO2/c1-3-13-9-5-4-7(2)6-8(9)10(11)12/h4-6H,3H2,1-2H3. The number of hydrogen-bond acceptors (Lipinski definition) is 2. The summed E-state index contributed by atoms with van der Waals surface area (Å²) in [6.07, 6.45) is 0. The normalized spacial score (nSPS) is 9.77. The highest BCUT2D eigenvalue weighted by Crippen LogP contribution is 2.21. The third kappa shape index (κ3) is 2.46. The Bertz CT molecular complexity index is 321. The fourth-order valence-corrected chi connectivity index (χ4v) is 1.23. The Balaban J connectivity index is 3.10. The average molecular weight is 199 g/mol. The van der Waals surface area contributed by atoms with Crippen molar-refractivity contribution in [1.29, 1.82) is 0 Å². The Labute approximate surface area is 82.5 Å². The Morgan fingerprint density at radius 2 is 2.23 bits per heavy atom. The Morgan fingerprint density at radius 3 is 2.77 bits per heavy atom. The van der Waals surface area contributed by atoms with E-state index in [0.29, 0.717) is 17.9 Å². The zero-order valence-corrected chi connectivity index (χ0v) is 8.39. The van der Waals surface area contributed by atoms with Crippen LogP contribution in [0.2, 0.25) is 0 Å². The van der Waals surface area contributed by atoms with Crippen molar-refractivity contribution in [3.05, 3.63) is 29.3 Å². The molecule has 0 saturated heterocycles. The number of halogens is 1. The van der Waals surface area contributed by atoms with Gasteiger partial charge in [0.15, 0.2) is 0 Å². The fraction of sp³-hybridized carbons (Fsp3) is 0.300. The first-order valence-corrected chi connectivity index (χ1v) is 4.46. The van der Waals surface area contributed by atoms with Gasteiger partial charge in [-0.05, 0) is 37.6 Å². The monoisotopic (exact) mass is 198 g/mol. The number of rotatable bonds is 3. The topological polar surface area (TPSA) is 26.3 Å². The van der Waals surface area contributed by atoms with Gasteiger partial charge >= 0.3 is 0 Å². The van der Waals surface area contributed by atoms with E-state index >= 15 is 0 Å². The molecule has 0 bridgehead atoms. The summed E-state index contributed by atoms with van der Waals surface area (Å²) in [5.41, 5.74) is 1.43. The minimum Gasteiger partial charge on any atom is -0.493 e. The first-order valence-electron chi connectivity index (χ1n) is 4.08. The van der Waals surface area contributed by atoms with Crippen molar-refractivity contribution in [2.24, 2.45) is 0 Å². The third-order valence-corrected chi connectivity index (χ3v) is 1.85. The lowest BCUT2D eigenvalue weighted by molar-refractivity contribution is 0.107. The van der Waals surface area contributed by atoms with E-state index in [1.165, 1.54) is 0 Å². The van der Waals surface area contributed by atoms with Crippen LogP contribution in [0.4, 0.5) is 0 Å². The van der Waals surface area contributed by atoms with Gasteiger partial charge in [0.25, 0.3) is 5.24 Å². The van der Waals surface area contributed by atoms with Crippen LogP contribution in [0.3, 0.4) is 0 Å². The van der Waals surface area contributed by atoms with E-state index in [9.17, 15) is 4.79 Å². The van der Waals surface area contributed by atoms with Crippen molar-refractivity contribution in [2.75, 3.05) is 6.61 Å². The van der Waals surface area contributed by atoms with Gasteiger partial charge in [0.05, 0.1) is 12.2 Å². The number of ether oxygens (including phenoxy) is 1. The van der Waals surface area contributed by atoms with Crippen molar-refractivity contribution < 1.29 is 9.53 Å². The second-order valence-electron chi connectivity index (χ2n) is 2.71. The quantitative estimate of drug-likeness (QED) is 0.699. The molecular formula is C10H11ClO2. The molecule has 13 heavy (non-hydrogen) atoms. The molecule has 0 aliphatic carbocycles. The van der Waals surface area contributed by atoms with Gasteiger partial charge in [-0.1, -0.05) is 11.6 Å². The zero-order chi connectivity index (χ0) is 9.84. The van der Waals surface area contributed by atoms with Gasteiger partial charge in [-0.3, -0.25) is 4.79 Å². The van der Waals surface area contributed by atoms with Crippen LogP contribution in [0, 0.1) is 6.92 Å². The smallest absolute Gasteiger partial charge is 0.256 e. The molecule has 0 fully saturated rings. The van der Waals surface area contributed by atoms with Gasteiger partial charge in [0.1, 0.15) is 5.75 Å². The van der Waals surface area contributed by atoms with E-state index in [-0.39, 0.29) is 0 Å². The molecular weight excluding hydrogens is 188 g/mol. The Hall–Kier alpha value is -1.02. The fourth-order valence-electron chi connectivity index (χ4n) is 1.08. The minimum absolute atomic E-state index is 0.434. The SMILES string of the molecule is CCOc1ccc(C)cc1C(=O)Cl. The highest BCUT2D eigenvalue weighted by molar-refractivity contribution is 6.68. The second kappa shape index (κ2) is 4.28. The third-order valence-electron chi connectivity index (χ3n) is 1.65. The molecule has 0 spiro atoms. The van der Waals surface area contributed by atoms with Gasteiger partial charge in [-0.25, -0.2) is 0 Å². The van der Waals surface area contributed by atoms with Gasteiger partial charge in [0, 0.05) is 0 Å². The lowest BCUT2D eigenvalue weighted by atomic mass is 10.1. The second-order valence-corrected chi connectivity index (χ2v) is 3.05. The summed E-state index contributed by atoms with van der Waals surface area (Å²) in [5, 5.41) is -0.479. The predicted molar refractivity (Wildman–Crippen MR) is 52.5 cm³/mol. The van der Waals surface area contributed by atoms with Crippen molar-refractivity contribution in [2.45, 2.75) is 13.8 Å². The Kier molecular flexibility index (Phi) is 3.32. The first kappa shape index (κ1) is 10.1. The van der Waals surface area contributed by atoms with Crippen LogP contribution in [0.15, 0.2) is 18.2 Å². The average Bonchev–Trinajstić information content (AvgIpc) is 2.08. The molecule has 70 valence electrons. The van der Waals surface area contributed by atoms with Crippen LogP contribution in [-0.2, 0) is 0 Å². The number of carbonyl (C=O) groups excluding carboxylic acids is 1. The van der Waals surface area contributed by atoms with Gasteiger partial charge in [-0.2, -0.15) is 0 Å². The molecule has 1 aromatic carbocycles. The molecule has 0 saturated carbocycles. The first-order chi connectivity index (χ1) is 6.15. The number of benzene rings is 1.